The van der Waals surface area contributed by atoms with Gasteiger partial charge in [-0.2, -0.15) is 26.3 Å². The predicted octanol–water partition coefficient (Wildman–Crippen LogP) is 6.22. The molecular weight excluding hydrogens is 655 g/mol. The minimum Gasteiger partial charge on any atom is -0.475 e. The summed E-state index contributed by atoms with van der Waals surface area (Å²) in [6, 6.07) is 20.2. The number of halogens is 6. The molecule has 0 unspecified atom stereocenters. The van der Waals surface area contributed by atoms with Crippen molar-refractivity contribution < 1.29 is 87.0 Å². The minimum atomic E-state index is -5.08. The van der Waals surface area contributed by atoms with E-state index in [4.69, 9.17) is 19.8 Å². The molecule has 0 bridgehead atoms. The van der Waals surface area contributed by atoms with Crippen molar-refractivity contribution in [2.24, 2.45) is 0 Å². The molecule has 2 aromatic carbocycles. The summed E-state index contributed by atoms with van der Waals surface area (Å²) < 4.78 is 63.5. The topological polar surface area (TPSA) is 74.6 Å². The zero-order chi connectivity index (χ0) is 25.2. The number of carboxylic acid groups (broad SMARTS) is 2. The molecule has 0 fully saturated rings. The van der Waals surface area contributed by atoms with Gasteiger partial charge in [0.1, 0.15) is 0 Å². The molecule has 0 atom stereocenters. The van der Waals surface area contributed by atoms with Gasteiger partial charge < -0.3 is 10.2 Å². The van der Waals surface area contributed by atoms with Crippen LogP contribution in [0.2, 0.25) is 0 Å². The van der Waals surface area contributed by atoms with Crippen molar-refractivity contribution in [2.45, 2.75) is 12.4 Å². The molecule has 0 aromatic heterocycles. The van der Waals surface area contributed by atoms with Gasteiger partial charge in [0.05, 0.1) is 0 Å². The first-order valence-electron chi connectivity index (χ1n) is 8.37. The Kier molecular flexibility index (Phi) is 24.4. The van der Waals surface area contributed by atoms with E-state index in [2.05, 4.69) is 13.5 Å². The fraction of sp³-hybridized carbons (Fsp3) is 0.0909. The van der Waals surface area contributed by atoms with E-state index in [-0.39, 0.29) is 40.8 Å². The molecular formula is C22H20F6O4Pd2. The van der Waals surface area contributed by atoms with Gasteiger partial charge >= 0.3 is 24.3 Å². The number of rotatable bonds is 3. The summed E-state index contributed by atoms with van der Waals surface area (Å²) in [7, 11) is 0. The van der Waals surface area contributed by atoms with Gasteiger partial charge in [0.2, 0.25) is 0 Å². The van der Waals surface area contributed by atoms with Gasteiger partial charge in [0.15, 0.2) is 0 Å². The third kappa shape index (κ3) is 24.4. The number of benzene rings is 2. The van der Waals surface area contributed by atoms with E-state index < -0.39 is 24.3 Å². The molecule has 194 valence electrons. The molecule has 0 aliphatic heterocycles. The Hall–Kier alpha value is -2.24. The molecule has 0 amide bonds. The second-order valence-electron chi connectivity index (χ2n) is 5.23. The van der Waals surface area contributed by atoms with Crippen molar-refractivity contribution in [3.8, 4) is 0 Å². The number of carboxylic acids is 2. The minimum absolute atomic E-state index is 0. The first-order chi connectivity index (χ1) is 14.8. The molecule has 0 saturated carbocycles. The maximum atomic E-state index is 10.6. The monoisotopic (exact) mass is 674 g/mol. The van der Waals surface area contributed by atoms with E-state index in [1.54, 1.807) is 12.2 Å². The number of carbonyl (C=O) groups is 2. The Morgan fingerprint density at radius 2 is 1.00 bits per heavy atom. The third-order valence-corrected chi connectivity index (χ3v) is 2.70. The second-order valence-corrected chi connectivity index (χ2v) is 5.23. The Morgan fingerprint density at radius 3 is 1.24 bits per heavy atom. The summed E-state index contributed by atoms with van der Waals surface area (Å²) in [4.78, 5) is 17.8. The van der Waals surface area contributed by atoms with Crippen LogP contribution in [0.1, 0.15) is 11.1 Å². The Balaban J connectivity index is -0.000000175. The predicted molar refractivity (Wildman–Crippen MR) is 108 cm³/mol. The van der Waals surface area contributed by atoms with E-state index in [0.717, 1.165) is 0 Å². The molecule has 2 rings (SSSR count). The van der Waals surface area contributed by atoms with Gasteiger partial charge in [0.25, 0.3) is 0 Å². The van der Waals surface area contributed by atoms with Crippen LogP contribution in [0.3, 0.4) is 0 Å². The van der Waals surface area contributed by atoms with Crippen LogP contribution in [0, 0.1) is 13.3 Å². The first-order valence-corrected chi connectivity index (χ1v) is 8.37. The van der Waals surface area contributed by atoms with Crippen LogP contribution >= 0.6 is 0 Å². The molecule has 34 heavy (non-hydrogen) atoms. The molecule has 4 nitrogen and oxygen atoms in total. The quantitative estimate of drug-likeness (QED) is 0.300. The Morgan fingerprint density at radius 1 is 0.706 bits per heavy atom. The molecule has 0 heterocycles. The number of hydrogen-bond donors (Lipinski definition) is 2. The normalized spacial score (nSPS) is 9.74. The van der Waals surface area contributed by atoms with Crippen LogP contribution in [0.4, 0.5) is 26.3 Å². The van der Waals surface area contributed by atoms with Crippen LogP contribution in [0.5, 0.6) is 0 Å². The van der Waals surface area contributed by atoms with Crippen LogP contribution in [-0.2, 0) is 50.4 Å². The summed E-state index contributed by atoms with van der Waals surface area (Å²) >= 11 is 0. The van der Waals surface area contributed by atoms with Gasteiger partial charge in [-0.3, -0.25) is 0 Å². The van der Waals surface area contributed by atoms with Crippen molar-refractivity contribution >= 4 is 18.0 Å². The van der Waals surface area contributed by atoms with Gasteiger partial charge in [-0.1, -0.05) is 78.9 Å². The molecule has 2 N–H and O–H groups in total. The zero-order valence-electron chi connectivity index (χ0n) is 17.1. The van der Waals surface area contributed by atoms with E-state index in [9.17, 15) is 26.3 Å². The summed E-state index contributed by atoms with van der Waals surface area (Å²) in [6.07, 6.45) is -2.65. The summed E-state index contributed by atoms with van der Waals surface area (Å²) in [5.74, 6) is -5.51. The number of alkyl halides is 6. The van der Waals surface area contributed by atoms with Crippen LogP contribution < -0.4 is 0 Å². The Bertz CT molecular complexity index is 801. The maximum Gasteiger partial charge on any atom is 0.490 e. The fourth-order valence-corrected chi connectivity index (χ4v) is 1.40. The van der Waals surface area contributed by atoms with Crippen LogP contribution in [-0.4, -0.2) is 34.5 Å². The van der Waals surface area contributed by atoms with E-state index in [1.165, 1.54) is 11.1 Å². The first kappa shape index (κ1) is 39.0. The van der Waals surface area contributed by atoms with Gasteiger partial charge in [-0.05, 0) is 18.1 Å². The zero-order valence-corrected chi connectivity index (χ0v) is 20.2. The van der Waals surface area contributed by atoms with Gasteiger partial charge in [-0.25, -0.2) is 9.59 Å². The second kappa shape index (κ2) is 21.3. The van der Waals surface area contributed by atoms with Crippen molar-refractivity contribution in [3.63, 3.8) is 0 Å². The van der Waals surface area contributed by atoms with Gasteiger partial charge in [-0.15, -0.1) is 6.58 Å². The SMILES string of the molecule is C=C[CH]c1ccccc1.O=C(O)C(F)(F)F.O=C(O)C(F)(F)F.[CH2]/C=C/c1ccccc1.[Pd].[Pd]. The average molecular weight is 675 g/mol. The number of allylic oxidation sites excluding steroid dienone is 2. The van der Waals surface area contributed by atoms with Crippen LogP contribution in [0.15, 0.2) is 79.4 Å². The third-order valence-electron chi connectivity index (χ3n) is 2.70. The molecule has 0 aliphatic carbocycles. The average Bonchev–Trinajstić information content (AvgIpc) is 2.70. The molecule has 0 aliphatic rings. The van der Waals surface area contributed by atoms with E-state index >= 15 is 0 Å². The molecule has 2 aromatic rings. The largest absolute Gasteiger partial charge is 0.490 e. The fourth-order valence-electron chi connectivity index (χ4n) is 1.40. The van der Waals surface area contributed by atoms with Crippen molar-refractivity contribution in [1.29, 1.82) is 0 Å². The van der Waals surface area contributed by atoms with E-state index in [1.807, 2.05) is 73.2 Å². The summed E-state index contributed by atoms with van der Waals surface area (Å²) in [5, 5.41) is 14.2. The number of hydrogen-bond acceptors (Lipinski definition) is 2. The van der Waals surface area contributed by atoms with Crippen molar-refractivity contribution in [2.75, 3.05) is 0 Å². The molecule has 2 radical (unpaired) electrons. The molecule has 0 spiro atoms. The van der Waals surface area contributed by atoms with Crippen LogP contribution in [0.25, 0.3) is 6.08 Å². The maximum absolute atomic E-state index is 10.6. The van der Waals surface area contributed by atoms with Crippen molar-refractivity contribution in [1.82, 2.24) is 0 Å². The summed E-state index contributed by atoms with van der Waals surface area (Å²) in [5.41, 5.74) is 2.40. The molecule has 0 saturated heterocycles. The summed E-state index contributed by atoms with van der Waals surface area (Å²) in [6.45, 7) is 7.20. The smallest absolute Gasteiger partial charge is 0.475 e. The molecule has 12 heteroatoms. The van der Waals surface area contributed by atoms with E-state index in [0.29, 0.717) is 0 Å². The number of aliphatic carboxylic acids is 2. The van der Waals surface area contributed by atoms with Gasteiger partial charge in [0, 0.05) is 47.3 Å². The Labute approximate surface area is 220 Å². The van der Waals surface area contributed by atoms with Crippen molar-refractivity contribution in [3.05, 3.63) is 104 Å². The standard InChI is InChI=1S/2C9H9.2C2HF3O2.2Pd/c2*1-2-6-9-7-4-3-5-8-9;2*3-2(4,5)1(6)7;;/h2*2-8H,1H2;2*(H,6,7);;/b6-2+;;;;;.